The van der Waals surface area contributed by atoms with Gasteiger partial charge in [0.15, 0.2) is 0 Å². The number of piperidine rings is 2. The Kier molecular flexibility index (Phi) is 5.42. The van der Waals surface area contributed by atoms with Gasteiger partial charge in [0.1, 0.15) is 0 Å². The predicted molar refractivity (Wildman–Crippen MR) is 96.2 cm³/mol. The molecule has 2 saturated heterocycles. The Bertz CT molecular complexity index is 629. The van der Waals surface area contributed by atoms with Crippen molar-refractivity contribution in [3.8, 4) is 0 Å². The number of hydrogen-bond donors (Lipinski definition) is 1. The summed E-state index contributed by atoms with van der Waals surface area (Å²) in [6.45, 7) is 6.11. The molecule has 0 bridgehead atoms. The van der Waals surface area contributed by atoms with Gasteiger partial charge in [0.25, 0.3) is 0 Å². The summed E-state index contributed by atoms with van der Waals surface area (Å²) in [7, 11) is 1.86. The van der Waals surface area contributed by atoms with Crippen LogP contribution in [0.1, 0.15) is 39.5 Å². The van der Waals surface area contributed by atoms with Gasteiger partial charge in [-0.15, -0.1) is 0 Å². The van der Waals surface area contributed by atoms with Crippen molar-refractivity contribution in [3.05, 3.63) is 12.4 Å². The first-order chi connectivity index (χ1) is 12.0. The third-order valence-corrected chi connectivity index (χ3v) is 5.56. The van der Waals surface area contributed by atoms with Gasteiger partial charge in [-0.25, -0.2) is 0 Å². The Hall–Kier alpha value is -1.89. The van der Waals surface area contributed by atoms with Crippen LogP contribution in [0, 0.1) is 5.92 Å². The average Bonchev–Trinajstić information content (AvgIpc) is 3.03. The molecule has 0 aromatic carbocycles. The van der Waals surface area contributed by atoms with Crippen molar-refractivity contribution in [1.82, 2.24) is 20.0 Å². The fourth-order valence-electron chi connectivity index (χ4n) is 4.04. The van der Waals surface area contributed by atoms with Gasteiger partial charge in [-0.2, -0.15) is 5.10 Å². The zero-order valence-corrected chi connectivity index (χ0v) is 15.4. The highest BCUT2D eigenvalue weighted by Gasteiger charge is 2.35. The van der Waals surface area contributed by atoms with E-state index < -0.39 is 0 Å². The van der Waals surface area contributed by atoms with Crippen molar-refractivity contribution in [2.24, 2.45) is 13.0 Å². The number of carbonyl (C=O) groups excluding carboxylic acids is 2. The van der Waals surface area contributed by atoms with E-state index >= 15 is 0 Å². The quantitative estimate of drug-likeness (QED) is 0.887. The summed E-state index contributed by atoms with van der Waals surface area (Å²) in [5.74, 6) is 0.690. The fraction of sp³-hybridized carbons (Fsp3) is 0.722. The van der Waals surface area contributed by atoms with Crippen LogP contribution in [0.2, 0.25) is 0 Å². The van der Waals surface area contributed by atoms with Gasteiger partial charge in [-0.05, 0) is 25.2 Å². The first kappa shape index (κ1) is 17.9. The summed E-state index contributed by atoms with van der Waals surface area (Å²) < 4.78 is 1.73. The summed E-state index contributed by atoms with van der Waals surface area (Å²) in [4.78, 5) is 28.4. The Labute approximate surface area is 149 Å². The first-order valence-electron chi connectivity index (χ1n) is 9.31. The number of aryl methyl sites for hydroxylation is 1. The molecule has 1 aromatic rings. The molecule has 0 saturated carbocycles. The molecule has 7 heteroatoms. The third kappa shape index (κ3) is 3.86. The lowest BCUT2D eigenvalue weighted by atomic mass is 9.88. The summed E-state index contributed by atoms with van der Waals surface area (Å²) in [5, 5.41) is 7.80. The number of amides is 2. The van der Waals surface area contributed by atoms with Gasteiger partial charge in [0, 0.05) is 45.8 Å². The maximum Gasteiger partial charge on any atom is 0.244 e. The van der Waals surface area contributed by atoms with Crippen LogP contribution >= 0.6 is 0 Å². The van der Waals surface area contributed by atoms with E-state index in [0.717, 1.165) is 51.0 Å². The van der Waals surface area contributed by atoms with Crippen molar-refractivity contribution in [3.63, 3.8) is 0 Å². The van der Waals surface area contributed by atoms with Gasteiger partial charge >= 0.3 is 0 Å². The molecule has 0 radical (unpaired) electrons. The van der Waals surface area contributed by atoms with Crippen molar-refractivity contribution < 1.29 is 9.59 Å². The van der Waals surface area contributed by atoms with Crippen molar-refractivity contribution in [1.29, 1.82) is 0 Å². The summed E-state index contributed by atoms with van der Waals surface area (Å²) in [6.07, 6.45) is 7.42. The number of anilines is 1. The molecule has 7 nitrogen and oxygen atoms in total. The monoisotopic (exact) mass is 347 g/mol. The molecule has 0 aliphatic carbocycles. The zero-order chi connectivity index (χ0) is 18.0. The van der Waals surface area contributed by atoms with E-state index in [-0.39, 0.29) is 17.9 Å². The van der Waals surface area contributed by atoms with Crippen LogP contribution in [0.4, 0.5) is 5.69 Å². The van der Waals surface area contributed by atoms with Crippen LogP contribution < -0.4 is 10.2 Å². The summed E-state index contributed by atoms with van der Waals surface area (Å²) in [6, 6.07) is 0.153. The number of aromatic nitrogens is 2. The maximum atomic E-state index is 12.9. The summed E-state index contributed by atoms with van der Waals surface area (Å²) >= 11 is 0. The number of nitrogens with one attached hydrogen (secondary N) is 1. The second-order valence-corrected chi connectivity index (χ2v) is 7.25. The molecule has 3 atom stereocenters. The van der Waals surface area contributed by atoms with Gasteiger partial charge in [-0.1, -0.05) is 13.3 Å². The molecule has 2 amide bonds. The highest BCUT2D eigenvalue weighted by molar-refractivity contribution is 5.97. The molecule has 0 spiro atoms. The van der Waals surface area contributed by atoms with Crippen LogP contribution in [0.15, 0.2) is 12.4 Å². The summed E-state index contributed by atoms with van der Waals surface area (Å²) in [5.41, 5.74) is 0.873. The van der Waals surface area contributed by atoms with Gasteiger partial charge in [0.2, 0.25) is 11.8 Å². The van der Waals surface area contributed by atoms with E-state index in [2.05, 4.69) is 17.3 Å². The fourth-order valence-corrected chi connectivity index (χ4v) is 4.04. The van der Waals surface area contributed by atoms with Gasteiger partial charge < -0.3 is 15.1 Å². The van der Waals surface area contributed by atoms with Crippen LogP contribution in [-0.4, -0.2) is 58.2 Å². The van der Waals surface area contributed by atoms with E-state index in [4.69, 9.17) is 0 Å². The lowest BCUT2D eigenvalue weighted by Gasteiger charge is -2.41. The minimum atomic E-state index is -0.142. The molecule has 2 aliphatic rings. The molecule has 1 aromatic heterocycles. The molecule has 0 unspecified atom stereocenters. The van der Waals surface area contributed by atoms with Crippen LogP contribution in [0.5, 0.6) is 0 Å². The molecule has 138 valence electrons. The third-order valence-electron chi connectivity index (χ3n) is 5.56. The zero-order valence-electron chi connectivity index (χ0n) is 15.4. The minimum absolute atomic E-state index is 0.142. The normalized spacial score (nSPS) is 27.6. The van der Waals surface area contributed by atoms with E-state index in [1.807, 2.05) is 23.0 Å². The highest BCUT2D eigenvalue weighted by atomic mass is 16.2. The Morgan fingerprint density at radius 1 is 1.36 bits per heavy atom. The smallest absolute Gasteiger partial charge is 0.244 e. The predicted octanol–water partition coefficient (Wildman–Crippen LogP) is 1.15. The molecular formula is C18H29N5O2. The lowest BCUT2D eigenvalue weighted by Crippen LogP contribution is -2.58. The van der Waals surface area contributed by atoms with E-state index in [1.165, 1.54) is 0 Å². The van der Waals surface area contributed by atoms with Crippen molar-refractivity contribution >= 4 is 17.5 Å². The number of rotatable bonds is 4. The molecule has 3 heterocycles. The Morgan fingerprint density at radius 3 is 2.80 bits per heavy atom. The number of hydrogen-bond acceptors (Lipinski definition) is 4. The molecule has 3 rings (SSSR count). The van der Waals surface area contributed by atoms with E-state index in [9.17, 15) is 9.59 Å². The standard InChI is InChI=1S/C18H29N5O2/c1-4-14-11-22(13(2)24)9-7-16(14)20-17-6-5-8-23(18(17)25)15-10-19-21(3)12-15/h10,12,14,16-17,20H,4-9,11H2,1-3H3/t14-,16+,17+/m1/s1. The average molecular weight is 347 g/mol. The number of nitrogens with zero attached hydrogens (tertiary/aromatic N) is 4. The molecule has 1 N–H and O–H groups in total. The van der Waals surface area contributed by atoms with Crippen LogP contribution in [0.3, 0.4) is 0 Å². The van der Waals surface area contributed by atoms with Crippen LogP contribution in [0.25, 0.3) is 0 Å². The highest BCUT2D eigenvalue weighted by Crippen LogP contribution is 2.24. The second kappa shape index (κ2) is 7.56. The maximum absolute atomic E-state index is 12.9. The topological polar surface area (TPSA) is 70.5 Å². The molecule has 2 aliphatic heterocycles. The molecule has 2 fully saturated rings. The van der Waals surface area contributed by atoms with Crippen molar-refractivity contribution in [2.75, 3.05) is 24.5 Å². The van der Waals surface area contributed by atoms with Crippen LogP contribution in [-0.2, 0) is 16.6 Å². The van der Waals surface area contributed by atoms with E-state index in [0.29, 0.717) is 12.0 Å². The number of carbonyl (C=O) groups is 2. The first-order valence-corrected chi connectivity index (χ1v) is 9.31. The van der Waals surface area contributed by atoms with Crippen molar-refractivity contribution in [2.45, 2.75) is 51.6 Å². The largest absolute Gasteiger partial charge is 0.343 e. The van der Waals surface area contributed by atoms with E-state index in [1.54, 1.807) is 17.8 Å². The lowest BCUT2D eigenvalue weighted by molar-refractivity contribution is -0.131. The number of likely N-dealkylation sites (tertiary alicyclic amines) is 1. The van der Waals surface area contributed by atoms with Gasteiger partial charge in [-0.3, -0.25) is 14.3 Å². The minimum Gasteiger partial charge on any atom is -0.343 e. The second-order valence-electron chi connectivity index (χ2n) is 7.25. The van der Waals surface area contributed by atoms with Gasteiger partial charge in [0.05, 0.1) is 17.9 Å². The Morgan fingerprint density at radius 2 is 2.16 bits per heavy atom. The Balaban J connectivity index is 1.65. The molecule has 25 heavy (non-hydrogen) atoms. The molecular weight excluding hydrogens is 318 g/mol. The SMILES string of the molecule is CC[C@@H]1CN(C(C)=O)CC[C@@H]1N[C@H]1CCCN(c2cnn(C)c2)C1=O.